The molecular weight excluding hydrogens is 288 g/mol. The third-order valence-corrected chi connectivity index (χ3v) is 6.31. The van der Waals surface area contributed by atoms with Crippen molar-refractivity contribution in [2.24, 2.45) is 5.92 Å². The molecule has 0 amide bonds. The Hall–Kier alpha value is -0.540. The minimum absolute atomic E-state index is 0.115. The topological polar surface area (TPSA) is 58.9 Å². The Morgan fingerprint density at radius 3 is 2.60 bits per heavy atom. The molecule has 0 aromatic carbocycles. The minimum atomic E-state index is -1.08. The summed E-state index contributed by atoms with van der Waals surface area (Å²) in [5.74, 6) is 0.534. The third-order valence-electron chi connectivity index (χ3n) is 3.72. The van der Waals surface area contributed by atoms with E-state index in [1.54, 1.807) is 11.3 Å². The summed E-state index contributed by atoms with van der Waals surface area (Å²) < 4.78 is 15.5. The summed E-state index contributed by atoms with van der Waals surface area (Å²) in [6.07, 6.45) is 4.86. The Kier molecular flexibility index (Phi) is 5.14. The molecule has 2 unspecified atom stereocenters. The van der Waals surface area contributed by atoms with Crippen molar-refractivity contribution in [2.75, 3.05) is 0 Å². The maximum atomic E-state index is 12.4. The molecule has 1 fully saturated rings. The van der Waals surface area contributed by atoms with Crippen molar-refractivity contribution in [3.63, 3.8) is 0 Å². The Morgan fingerprint density at radius 1 is 1.45 bits per heavy atom. The first-order valence-corrected chi connectivity index (χ1v) is 9.11. The van der Waals surface area contributed by atoms with Gasteiger partial charge in [0.05, 0.1) is 11.6 Å². The summed E-state index contributed by atoms with van der Waals surface area (Å²) in [5.41, 5.74) is 0.705. The van der Waals surface area contributed by atoms with Crippen molar-refractivity contribution in [3.05, 3.63) is 21.9 Å². The fourth-order valence-electron chi connectivity index (χ4n) is 2.54. The largest absolute Gasteiger partial charge is 0.598 e. The first kappa shape index (κ1) is 15.8. The predicted molar refractivity (Wildman–Crippen MR) is 84.8 cm³/mol. The Balaban J connectivity index is 2.18. The van der Waals surface area contributed by atoms with Gasteiger partial charge in [0.1, 0.15) is 10.8 Å². The van der Waals surface area contributed by atoms with Crippen molar-refractivity contribution in [3.8, 4) is 6.07 Å². The second-order valence-electron chi connectivity index (χ2n) is 6.37. The zero-order chi connectivity index (χ0) is 14.8. The van der Waals surface area contributed by atoms with E-state index in [9.17, 15) is 4.55 Å². The molecule has 2 atom stereocenters. The van der Waals surface area contributed by atoms with E-state index >= 15 is 0 Å². The molecular formula is C15H22N2OS2. The van der Waals surface area contributed by atoms with E-state index in [1.165, 1.54) is 25.7 Å². The number of hydrogen-bond donors (Lipinski definition) is 1. The van der Waals surface area contributed by atoms with E-state index in [4.69, 9.17) is 5.26 Å². The summed E-state index contributed by atoms with van der Waals surface area (Å²) in [5, 5.41) is 10.9. The number of thiophene rings is 1. The molecule has 110 valence electrons. The second-order valence-corrected chi connectivity index (χ2v) is 9.31. The molecule has 0 spiro atoms. The van der Waals surface area contributed by atoms with Gasteiger partial charge in [0, 0.05) is 21.6 Å². The molecule has 0 aliphatic heterocycles. The number of nitriles is 1. The Morgan fingerprint density at radius 2 is 2.10 bits per heavy atom. The maximum Gasteiger partial charge on any atom is 0.136 e. The minimum Gasteiger partial charge on any atom is -0.598 e. The first-order chi connectivity index (χ1) is 9.41. The number of hydrogen-bond acceptors (Lipinski definition) is 4. The van der Waals surface area contributed by atoms with Gasteiger partial charge < -0.3 is 4.55 Å². The van der Waals surface area contributed by atoms with Crippen molar-refractivity contribution < 1.29 is 4.55 Å². The van der Waals surface area contributed by atoms with Crippen LogP contribution < -0.4 is 4.72 Å². The molecule has 1 saturated carbocycles. The zero-order valence-electron chi connectivity index (χ0n) is 12.3. The van der Waals surface area contributed by atoms with Gasteiger partial charge in [-0.25, -0.2) is 0 Å². The molecule has 0 saturated heterocycles. The lowest BCUT2D eigenvalue weighted by Gasteiger charge is -2.30. The van der Waals surface area contributed by atoms with Gasteiger partial charge in [-0.15, -0.1) is 16.1 Å². The van der Waals surface area contributed by atoms with Crippen LogP contribution in [0.15, 0.2) is 11.4 Å². The van der Waals surface area contributed by atoms with Crippen LogP contribution in [0.2, 0.25) is 0 Å². The molecule has 1 aromatic heterocycles. The van der Waals surface area contributed by atoms with Crippen molar-refractivity contribution in [1.29, 1.82) is 5.26 Å². The van der Waals surface area contributed by atoms with Crippen LogP contribution in [0.3, 0.4) is 0 Å². The van der Waals surface area contributed by atoms with E-state index in [2.05, 4.69) is 10.8 Å². The van der Waals surface area contributed by atoms with E-state index in [0.29, 0.717) is 11.5 Å². The van der Waals surface area contributed by atoms with Gasteiger partial charge in [0.15, 0.2) is 0 Å². The molecule has 2 rings (SSSR count). The van der Waals surface area contributed by atoms with Crippen LogP contribution in [-0.4, -0.2) is 9.30 Å². The Bertz CT molecular complexity index is 481. The highest BCUT2D eigenvalue weighted by molar-refractivity contribution is 7.90. The quantitative estimate of drug-likeness (QED) is 0.858. The fraction of sp³-hybridized carbons (Fsp3) is 0.667. The summed E-state index contributed by atoms with van der Waals surface area (Å²) in [6.45, 7) is 5.95. The van der Waals surface area contributed by atoms with Gasteiger partial charge >= 0.3 is 0 Å². The van der Waals surface area contributed by atoms with Crippen LogP contribution in [0.5, 0.6) is 0 Å². The first-order valence-electron chi connectivity index (χ1n) is 7.08. The number of nitrogens with zero attached hydrogens (tertiary/aromatic N) is 1. The molecule has 1 N–H and O–H groups in total. The molecule has 1 aliphatic rings. The molecule has 3 nitrogen and oxygen atoms in total. The van der Waals surface area contributed by atoms with Crippen LogP contribution in [0.4, 0.5) is 0 Å². The lowest BCUT2D eigenvalue weighted by molar-refractivity contribution is 0.410. The van der Waals surface area contributed by atoms with Crippen molar-refractivity contribution in [2.45, 2.75) is 57.2 Å². The van der Waals surface area contributed by atoms with Gasteiger partial charge in [0.2, 0.25) is 0 Å². The number of rotatable bonds is 4. The SMILES string of the molecule is CC(C)(C)[S+]([O-])NC(c1cc(C#N)cs1)C1CCCC1. The summed E-state index contributed by atoms with van der Waals surface area (Å²) in [6, 6.07) is 4.24. The van der Waals surface area contributed by atoms with Gasteiger partial charge in [0.25, 0.3) is 0 Å². The molecule has 0 bridgehead atoms. The predicted octanol–water partition coefficient (Wildman–Crippen LogP) is 3.90. The smallest absolute Gasteiger partial charge is 0.136 e. The molecule has 1 aromatic rings. The molecule has 20 heavy (non-hydrogen) atoms. The Labute approximate surface area is 128 Å². The average molecular weight is 310 g/mol. The average Bonchev–Trinajstić information content (AvgIpc) is 3.05. The van der Waals surface area contributed by atoms with Crippen LogP contribution in [-0.2, 0) is 11.4 Å². The van der Waals surface area contributed by atoms with E-state index in [0.717, 1.165) is 4.88 Å². The summed E-state index contributed by atoms with van der Waals surface area (Å²) in [7, 11) is 0. The zero-order valence-corrected chi connectivity index (χ0v) is 13.9. The van der Waals surface area contributed by atoms with Crippen LogP contribution in [0, 0.1) is 17.2 Å². The standard InChI is InChI=1S/C15H22N2OS2/c1-15(2,3)20(18)17-14(12-6-4-5-7-12)13-8-11(9-16)10-19-13/h8,10,12,14,17H,4-7H2,1-3H3. The highest BCUT2D eigenvalue weighted by Gasteiger charge is 2.35. The monoisotopic (exact) mass is 310 g/mol. The van der Waals surface area contributed by atoms with E-state index in [1.807, 2.05) is 32.2 Å². The fourth-order valence-corrected chi connectivity index (χ4v) is 4.50. The molecule has 0 radical (unpaired) electrons. The highest BCUT2D eigenvalue weighted by atomic mass is 32.2. The van der Waals surface area contributed by atoms with Crippen LogP contribution in [0.25, 0.3) is 0 Å². The second kappa shape index (κ2) is 6.48. The summed E-state index contributed by atoms with van der Waals surface area (Å²) in [4.78, 5) is 1.14. The van der Waals surface area contributed by atoms with Crippen molar-refractivity contribution >= 4 is 22.7 Å². The molecule has 1 heterocycles. The number of nitrogens with one attached hydrogen (secondary N) is 1. The summed E-state index contributed by atoms with van der Waals surface area (Å²) >= 11 is 0.519. The van der Waals surface area contributed by atoms with E-state index in [-0.39, 0.29) is 10.8 Å². The highest BCUT2D eigenvalue weighted by Crippen LogP contribution is 2.39. The lowest BCUT2D eigenvalue weighted by Crippen LogP contribution is -2.42. The lowest BCUT2D eigenvalue weighted by atomic mass is 9.97. The normalized spacial score (nSPS) is 19.8. The van der Waals surface area contributed by atoms with Gasteiger partial charge in [-0.1, -0.05) is 12.8 Å². The maximum absolute atomic E-state index is 12.4. The van der Waals surface area contributed by atoms with E-state index < -0.39 is 11.4 Å². The third kappa shape index (κ3) is 3.76. The van der Waals surface area contributed by atoms with Gasteiger partial charge in [-0.05, 0) is 45.6 Å². The van der Waals surface area contributed by atoms with Crippen LogP contribution >= 0.6 is 11.3 Å². The van der Waals surface area contributed by atoms with Gasteiger partial charge in [-0.2, -0.15) is 5.26 Å². The van der Waals surface area contributed by atoms with Crippen molar-refractivity contribution in [1.82, 2.24) is 4.72 Å². The van der Waals surface area contributed by atoms with Gasteiger partial charge in [-0.3, -0.25) is 0 Å². The van der Waals surface area contributed by atoms with Crippen LogP contribution in [0.1, 0.15) is 62.9 Å². The molecule has 5 heteroatoms. The molecule has 1 aliphatic carbocycles.